The van der Waals surface area contributed by atoms with Crippen molar-refractivity contribution in [1.82, 2.24) is 0 Å². The van der Waals surface area contributed by atoms with Crippen LogP contribution in [0.1, 0.15) is 5.56 Å². The summed E-state index contributed by atoms with van der Waals surface area (Å²) >= 11 is 11.8. The van der Waals surface area contributed by atoms with Gasteiger partial charge in [-0.15, -0.1) is 0 Å². The van der Waals surface area contributed by atoms with E-state index in [0.717, 1.165) is 17.7 Å². The minimum atomic E-state index is 0.405. The van der Waals surface area contributed by atoms with E-state index in [1.165, 1.54) is 0 Å². The van der Waals surface area contributed by atoms with Gasteiger partial charge >= 0.3 is 0 Å². The Morgan fingerprint density at radius 2 is 1.76 bits per heavy atom. The molecule has 0 bridgehead atoms. The largest absolute Gasteiger partial charge is 0.490 e. The molecule has 0 radical (unpaired) electrons. The van der Waals surface area contributed by atoms with E-state index >= 15 is 0 Å². The third-order valence-corrected chi connectivity index (χ3v) is 3.37. The van der Waals surface area contributed by atoms with E-state index < -0.39 is 0 Å². The second kappa shape index (κ2) is 8.13. The molecule has 2 N–H and O–H groups in total. The molecule has 0 atom stereocenters. The topological polar surface area (TPSA) is 44.5 Å². The fourth-order valence-corrected chi connectivity index (χ4v) is 2.32. The Morgan fingerprint density at radius 1 is 0.952 bits per heavy atom. The normalized spacial score (nSPS) is 10.4. The van der Waals surface area contributed by atoms with Gasteiger partial charge in [0, 0.05) is 5.02 Å². The fraction of sp³-hybridized carbons (Fsp3) is 0.250. The highest BCUT2D eigenvalue weighted by atomic mass is 35.5. The standard InChI is InChI=1S/C16H17Cl2NO2/c17-13-4-5-16(15(18)11-13)21-9-8-20-14-3-1-2-12(10-14)6-7-19/h1-5,10-11H,6-9,19H2. The lowest BCUT2D eigenvalue weighted by Crippen LogP contribution is -2.09. The van der Waals surface area contributed by atoms with Crippen molar-refractivity contribution in [2.75, 3.05) is 19.8 Å². The lowest BCUT2D eigenvalue weighted by atomic mass is 10.1. The van der Waals surface area contributed by atoms with Gasteiger partial charge in [-0.05, 0) is 48.9 Å². The van der Waals surface area contributed by atoms with Crippen LogP contribution in [0, 0.1) is 0 Å². The van der Waals surface area contributed by atoms with Gasteiger partial charge in [-0.3, -0.25) is 0 Å². The van der Waals surface area contributed by atoms with Gasteiger partial charge in [0.2, 0.25) is 0 Å². The van der Waals surface area contributed by atoms with Crippen molar-refractivity contribution in [3.63, 3.8) is 0 Å². The maximum atomic E-state index is 6.02. The molecule has 2 rings (SSSR count). The number of rotatable bonds is 7. The second-order valence-electron chi connectivity index (χ2n) is 4.46. The van der Waals surface area contributed by atoms with E-state index in [-0.39, 0.29) is 0 Å². The van der Waals surface area contributed by atoms with E-state index in [1.807, 2.05) is 24.3 Å². The third kappa shape index (κ3) is 5.12. The molecule has 0 spiro atoms. The Morgan fingerprint density at radius 3 is 2.52 bits per heavy atom. The average molecular weight is 326 g/mol. The van der Waals surface area contributed by atoms with Gasteiger partial charge in [-0.1, -0.05) is 35.3 Å². The van der Waals surface area contributed by atoms with Crippen LogP contribution in [-0.2, 0) is 6.42 Å². The molecular formula is C16H17Cl2NO2. The van der Waals surface area contributed by atoms with E-state index in [0.29, 0.717) is 35.6 Å². The van der Waals surface area contributed by atoms with Crippen molar-refractivity contribution < 1.29 is 9.47 Å². The minimum absolute atomic E-state index is 0.405. The van der Waals surface area contributed by atoms with E-state index in [9.17, 15) is 0 Å². The van der Waals surface area contributed by atoms with Crippen molar-refractivity contribution >= 4 is 23.2 Å². The molecule has 0 saturated carbocycles. The molecule has 0 aliphatic heterocycles. The van der Waals surface area contributed by atoms with Gasteiger partial charge in [0.15, 0.2) is 0 Å². The molecule has 5 heteroatoms. The number of hydrogen-bond donors (Lipinski definition) is 1. The molecule has 0 unspecified atom stereocenters. The zero-order valence-electron chi connectivity index (χ0n) is 11.5. The first-order chi connectivity index (χ1) is 10.2. The lowest BCUT2D eigenvalue weighted by Gasteiger charge is -2.10. The number of ether oxygens (including phenoxy) is 2. The van der Waals surface area contributed by atoms with Crippen LogP contribution in [-0.4, -0.2) is 19.8 Å². The molecular weight excluding hydrogens is 309 g/mol. The SMILES string of the molecule is NCCc1cccc(OCCOc2ccc(Cl)cc2Cl)c1. The summed E-state index contributed by atoms with van der Waals surface area (Å²) < 4.78 is 11.2. The first-order valence-electron chi connectivity index (χ1n) is 6.68. The number of hydrogen-bond acceptors (Lipinski definition) is 3. The molecule has 0 heterocycles. The first kappa shape index (κ1) is 16.0. The Labute approximate surface area is 134 Å². The molecule has 2 aromatic rings. The zero-order valence-corrected chi connectivity index (χ0v) is 13.0. The maximum absolute atomic E-state index is 6.02. The minimum Gasteiger partial charge on any atom is -0.490 e. The highest BCUT2D eigenvalue weighted by Crippen LogP contribution is 2.27. The number of nitrogens with two attached hydrogens (primary N) is 1. The molecule has 2 aromatic carbocycles. The summed E-state index contributed by atoms with van der Waals surface area (Å²) in [5.74, 6) is 1.41. The van der Waals surface area contributed by atoms with Crippen LogP contribution in [0.4, 0.5) is 0 Å². The summed E-state index contributed by atoms with van der Waals surface area (Å²) in [6.07, 6.45) is 0.841. The first-order valence-corrected chi connectivity index (χ1v) is 7.44. The fourth-order valence-electron chi connectivity index (χ4n) is 1.86. The van der Waals surface area contributed by atoms with E-state index in [2.05, 4.69) is 0 Å². The Hall–Kier alpha value is -1.42. The van der Waals surface area contributed by atoms with Crippen molar-refractivity contribution in [3.05, 3.63) is 58.1 Å². The average Bonchev–Trinajstić information content (AvgIpc) is 2.46. The van der Waals surface area contributed by atoms with Crippen molar-refractivity contribution in [1.29, 1.82) is 0 Å². The molecule has 112 valence electrons. The molecule has 0 fully saturated rings. The van der Waals surface area contributed by atoms with Crippen LogP contribution in [0.25, 0.3) is 0 Å². The van der Waals surface area contributed by atoms with Crippen molar-refractivity contribution in [2.45, 2.75) is 6.42 Å². The predicted octanol–water partition coefficient (Wildman–Crippen LogP) is 3.95. The van der Waals surface area contributed by atoms with Crippen LogP contribution in [0.3, 0.4) is 0 Å². The highest BCUT2D eigenvalue weighted by molar-refractivity contribution is 6.35. The Bertz CT molecular complexity index is 590. The highest BCUT2D eigenvalue weighted by Gasteiger charge is 2.02. The smallest absolute Gasteiger partial charge is 0.138 e. The number of halogens is 2. The monoisotopic (exact) mass is 325 g/mol. The molecule has 0 amide bonds. The second-order valence-corrected chi connectivity index (χ2v) is 5.30. The van der Waals surface area contributed by atoms with Crippen LogP contribution in [0.5, 0.6) is 11.5 Å². The van der Waals surface area contributed by atoms with Gasteiger partial charge in [-0.25, -0.2) is 0 Å². The lowest BCUT2D eigenvalue weighted by molar-refractivity contribution is 0.217. The molecule has 3 nitrogen and oxygen atoms in total. The molecule has 0 aliphatic carbocycles. The van der Waals surface area contributed by atoms with Crippen LogP contribution in [0.15, 0.2) is 42.5 Å². The Balaban J connectivity index is 1.80. The van der Waals surface area contributed by atoms with E-state index in [4.69, 9.17) is 38.4 Å². The molecule has 21 heavy (non-hydrogen) atoms. The quantitative estimate of drug-likeness (QED) is 0.784. The molecule has 0 aliphatic rings. The summed E-state index contributed by atoms with van der Waals surface area (Å²) in [6.45, 7) is 1.47. The molecule has 0 aromatic heterocycles. The summed E-state index contributed by atoms with van der Waals surface area (Å²) in [6, 6.07) is 13.0. The Kier molecular flexibility index (Phi) is 6.18. The van der Waals surface area contributed by atoms with Gasteiger partial charge in [0.05, 0.1) is 5.02 Å². The summed E-state index contributed by atoms with van der Waals surface area (Å²) in [5.41, 5.74) is 6.70. The van der Waals surface area contributed by atoms with Crippen molar-refractivity contribution in [2.24, 2.45) is 5.73 Å². The van der Waals surface area contributed by atoms with Crippen molar-refractivity contribution in [3.8, 4) is 11.5 Å². The summed E-state index contributed by atoms with van der Waals surface area (Å²) in [4.78, 5) is 0. The van der Waals surface area contributed by atoms with Crippen LogP contribution < -0.4 is 15.2 Å². The van der Waals surface area contributed by atoms with Gasteiger partial charge in [0.25, 0.3) is 0 Å². The van der Waals surface area contributed by atoms with E-state index in [1.54, 1.807) is 18.2 Å². The summed E-state index contributed by atoms with van der Waals surface area (Å²) in [5, 5.41) is 1.08. The third-order valence-electron chi connectivity index (χ3n) is 2.84. The van der Waals surface area contributed by atoms with Gasteiger partial charge in [-0.2, -0.15) is 0 Å². The summed E-state index contributed by atoms with van der Waals surface area (Å²) in [7, 11) is 0. The number of benzene rings is 2. The zero-order chi connectivity index (χ0) is 15.1. The van der Waals surface area contributed by atoms with Gasteiger partial charge in [0.1, 0.15) is 24.7 Å². The maximum Gasteiger partial charge on any atom is 0.138 e. The van der Waals surface area contributed by atoms with Crippen LogP contribution in [0.2, 0.25) is 10.0 Å². The molecule has 0 saturated heterocycles. The van der Waals surface area contributed by atoms with Gasteiger partial charge < -0.3 is 15.2 Å². The van der Waals surface area contributed by atoms with Crippen LogP contribution >= 0.6 is 23.2 Å². The predicted molar refractivity (Wildman–Crippen MR) is 86.7 cm³/mol.